The first-order chi connectivity index (χ1) is 12.8. The number of hydrogen-bond acceptors (Lipinski definition) is 5. The van der Waals surface area contributed by atoms with Gasteiger partial charge in [0.15, 0.2) is 0 Å². The lowest BCUT2D eigenvalue weighted by atomic mass is 10.1. The highest BCUT2D eigenvalue weighted by molar-refractivity contribution is 7.09. The summed E-state index contributed by atoms with van der Waals surface area (Å²) in [6, 6.07) is 15.3. The molecule has 26 heavy (non-hydrogen) atoms. The smallest absolute Gasteiger partial charge is 0.209 e. The van der Waals surface area contributed by atoms with Crippen molar-refractivity contribution in [2.24, 2.45) is 0 Å². The van der Waals surface area contributed by atoms with Crippen molar-refractivity contribution in [2.45, 2.75) is 25.9 Å². The standard InChI is InChI=1S/C19H24N6S/c1-2-18(19-20-21-22-25(19)15-17-9-6-14-26-17)24-12-10-23(11-13-24)16-7-4-3-5-8-16/h3-9,14,18H,2,10-13,15H2,1H3/p+1/t18-/m1/s1. The SMILES string of the molecule is CC[C@H](c1nnnn1Cc1cccs1)[NH+]1CCN(c2ccccc2)CC1. The van der Waals surface area contributed by atoms with Crippen LogP contribution in [0.1, 0.15) is 30.1 Å². The van der Waals surface area contributed by atoms with Crippen molar-refractivity contribution >= 4 is 17.0 Å². The van der Waals surface area contributed by atoms with Crippen LogP contribution in [0.25, 0.3) is 0 Å². The molecular weight excluding hydrogens is 344 g/mol. The number of anilines is 1. The Kier molecular flexibility index (Phi) is 5.26. The molecule has 0 aliphatic carbocycles. The number of tetrazole rings is 1. The first-order valence-electron chi connectivity index (χ1n) is 9.28. The average Bonchev–Trinajstić information content (AvgIpc) is 3.37. The first-order valence-corrected chi connectivity index (χ1v) is 10.2. The van der Waals surface area contributed by atoms with Crippen LogP contribution >= 0.6 is 11.3 Å². The van der Waals surface area contributed by atoms with Crippen LogP contribution in [-0.4, -0.2) is 46.4 Å². The van der Waals surface area contributed by atoms with Crippen LogP contribution in [0.4, 0.5) is 5.69 Å². The van der Waals surface area contributed by atoms with Crippen molar-refractivity contribution in [2.75, 3.05) is 31.1 Å². The third kappa shape index (κ3) is 3.64. The summed E-state index contributed by atoms with van der Waals surface area (Å²) in [5.74, 6) is 1.02. The van der Waals surface area contributed by atoms with Crippen molar-refractivity contribution in [3.05, 3.63) is 58.5 Å². The van der Waals surface area contributed by atoms with Crippen LogP contribution in [-0.2, 0) is 6.54 Å². The van der Waals surface area contributed by atoms with E-state index in [2.05, 4.69) is 75.2 Å². The van der Waals surface area contributed by atoms with E-state index in [9.17, 15) is 0 Å². The van der Waals surface area contributed by atoms with Crippen LogP contribution in [0, 0.1) is 0 Å². The molecule has 1 atom stereocenters. The van der Waals surface area contributed by atoms with Gasteiger partial charge < -0.3 is 9.80 Å². The molecule has 4 rings (SSSR count). The lowest BCUT2D eigenvalue weighted by Crippen LogP contribution is -3.15. The quantitative estimate of drug-likeness (QED) is 0.718. The highest BCUT2D eigenvalue weighted by Crippen LogP contribution is 2.16. The summed E-state index contributed by atoms with van der Waals surface area (Å²) in [5, 5.41) is 14.7. The lowest BCUT2D eigenvalue weighted by molar-refractivity contribution is -0.933. The number of aromatic nitrogens is 4. The Morgan fingerprint density at radius 1 is 1.12 bits per heavy atom. The van der Waals surface area contributed by atoms with Gasteiger partial charge >= 0.3 is 0 Å². The fraction of sp³-hybridized carbons (Fsp3) is 0.421. The fourth-order valence-electron chi connectivity index (χ4n) is 3.82. The van der Waals surface area contributed by atoms with Crippen molar-refractivity contribution < 1.29 is 4.90 Å². The molecular formula is C19H25N6S+. The van der Waals surface area contributed by atoms with Gasteiger partial charge in [-0.2, -0.15) is 0 Å². The Labute approximate surface area is 158 Å². The van der Waals surface area contributed by atoms with E-state index in [1.165, 1.54) is 10.6 Å². The molecule has 1 N–H and O–H groups in total. The maximum atomic E-state index is 4.39. The number of quaternary nitrogens is 1. The monoisotopic (exact) mass is 369 g/mol. The van der Waals surface area contributed by atoms with E-state index in [0.717, 1.165) is 45.0 Å². The third-order valence-electron chi connectivity index (χ3n) is 5.19. The number of piperazine rings is 1. The van der Waals surface area contributed by atoms with Crippen LogP contribution in [0.15, 0.2) is 47.8 Å². The normalized spacial score (nSPS) is 16.7. The zero-order valence-electron chi connectivity index (χ0n) is 15.1. The minimum absolute atomic E-state index is 0.350. The Bertz CT molecular complexity index is 793. The van der Waals surface area contributed by atoms with Crippen LogP contribution in [0.5, 0.6) is 0 Å². The van der Waals surface area contributed by atoms with Gasteiger partial charge in [-0.3, -0.25) is 0 Å². The zero-order valence-corrected chi connectivity index (χ0v) is 15.9. The Morgan fingerprint density at radius 3 is 2.62 bits per heavy atom. The van der Waals surface area contributed by atoms with Crippen molar-refractivity contribution in [3.8, 4) is 0 Å². The minimum atomic E-state index is 0.350. The number of nitrogens with zero attached hydrogens (tertiary/aromatic N) is 5. The van der Waals surface area contributed by atoms with Gasteiger partial charge in [-0.25, -0.2) is 4.68 Å². The number of para-hydroxylation sites is 1. The molecule has 1 saturated heterocycles. The van der Waals surface area contributed by atoms with Gasteiger partial charge in [0.2, 0.25) is 5.82 Å². The molecule has 6 nitrogen and oxygen atoms in total. The maximum absolute atomic E-state index is 4.39. The number of thiophene rings is 1. The zero-order chi connectivity index (χ0) is 17.8. The van der Waals surface area contributed by atoms with E-state index in [-0.39, 0.29) is 0 Å². The van der Waals surface area contributed by atoms with Crippen LogP contribution in [0.3, 0.4) is 0 Å². The molecule has 1 fully saturated rings. The molecule has 3 heterocycles. The highest BCUT2D eigenvalue weighted by atomic mass is 32.1. The predicted octanol–water partition coefficient (Wildman–Crippen LogP) is 1.64. The Morgan fingerprint density at radius 2 is 1.92 bits per heavy atom. The fourth-order valence-corrected chi connectivity index (χ4v) is 4.50. The van der Waals surface area contributed by atoms with E-state index in [1.54, 1.807) is 16.2 Å². The summed E-state index contributed by atoms with van der Waals surface area (Å²) >= 11 is 1.75. The third-order valence-corrected chi connectivity index (χ3v) is 6.05. The van der Waals surface area contributed by atoms with Gasteiger partial charge in [-0.15, -0.1) is 16.4 Å². The summed E-state index contributed by atoms with van der Waals surface area (Å²) in [6.07, 6.45) is 1.05. The average molecular weight is 370 g/mol. The largest absolute Gasteiger partial charge is 0.360 e. The summed E-state index contributed by atoms with van der Waals surface area (Å²) in [6.45, 7) is 7.37. The predicted molar refractivity (Wildman–Crippen MR) is 104 cm³/mol. The number of rotatable bonds is 6. The van der Waals surface area contributed by atoms with Crippen molar-refractivity contribution in [1.29, 1.82) is 0 Å². The molecule has 0 saturated carbocycles. The molecule has 3 aromatic rings. The van der Waals surface area contributed by atoms with E-state index in [1.807, 2.05) is 4.68 Å². The highest BCUT2D eigenvalue weighted by Gasteiger charge is 2.31. The molecule has 1 aliphatic heterocycles. The van der Waals surface area contributed by atoms with E-state index in [4.69, 9.17) is 0 Å². The van der Waals surface area contributed by atoms with E-state index < -0.39 is 0 Å². The van der Waals surface area contributed by atoms with E-state index >= 15 is 0 Å². The minimum Gasteiger partial charge on any atom is -0.360 e. The summed E-state index contributed by atoms with van der Waals surface area (Å²) in [7, 11) is 0. The van der Waals surface area contributed by atoms with Gasteiger partial charge in [0, 0.05) is 17.0 Å². The second-order valence-corrected chi connectivity index (χ2v) is 7.75. The molecule has 0 spiro atoms. The number of nitrogens with one attached hydrogen (secondary N) is 1. The Hall–Kier alpha value is -2.25. The van der Waals surface area contributed by atoms with Crippen molar-refractivity contribution in [3.63, 3.8) is 0 Å². The summed E-state index contributed by atoms with van der Waals surface area (Å²) in [4.78, 5) is 5.35. The maximum Gasteiger partial charge on any atom is 0.209 e. The second-order valence-electron chi connectivity index (χ2n) is 6.72. The topological polar surface area (TPSA) is 51.3 Å². The Balaban J connectivity index is 1.45. The molecule has 0 bridgehead atoms. The molecule has 1 aliphatic rings. The van der Waals surface area contributed by atoms with Gasteiger partial charge in [0.05, 0.1) is 32.7 Å². The van der Waals surface area contributed by atoms with Crippen LogP contribution < -0.4 is 9.80 Å². The first kappa shape index (κ1) is 17.2. The van der Waals surface area contributed by atoms with Gasteiger partial charge in [-0.1, -0.05) is 31.2 Å². The number of benzene rings is 1. The molecule has 1 aromatic carbocycles. The summed E-state index contributed by atoms with van der Waals surface area (Å²) < 4.78 is 1.98. The van der Waals surface area contributed by atoms with Crippen LogP contribution in [0.2, 0.25) is 0 Å². The van der Waals surface area contributed by atoms with Gasteiger partial charge in [0.1, 0.15) is 6.04 Å². The molecule has 136 valence electrons. The van der Waals surface area contributed by atoms with Gasteiger partial charge in [-0.05, 0) is 34.0 Å². The van der Waals surface area contributed by atoms with E-state index in [0.29, 0.717) is 6.04 Å². The van der Waals surface area contributed by atoms with Crippen molar-refractivity contribution in [1.82, 2.24) is 20.2 Å². The lowest BCUT2D eigenvalue weighted by Gasteiger charge is -2.36. The van der Waals surface area contributed by atoms with Gasteiger partial charge in [0.25, 0.3) is 0 Å². The summed E-state index contributed by atoms with van der Waals surface area (Å²) in [5.41, 5.74) is 1.32. The molecule has 0 radical (unpaired) electrons. The second kappa shape index (κ2) is 7.97. The number of hydrogen-bond donors (Lipinski definition) is 1. The molecule has 0 amide bonds. The molecule has 0 unspecified atom stereocenters. The molecule has 7 heteroatoms. The molecule has 2 aromatic heterocycles.